The number of thiazole rings is 1. The van der Waals surface area contributed by atoms with E-state index in [9.17, 15) is 4.79 Å². The smallest absolute Gasteiger partial charge is 0.338 e. The Morgan fingerprint density at radius 3 is 2.64 bits per heavy atom. The fourth-order valence-corrected chi connectivity index (χ4v) is 3.29. The van der Waals surface area contributed by atoms with Crippen LogP contribution in [-0.4, -0.2) is 24.7 Å². The standard InChI is InChI=1S/C21H18N2O4S/c1-3-26-18-9-8-16(10-19(18)25-2)20-23-17(13-28-20)12-27-21(24)15-6-4-14(11-22)5-7-15/h4-10,13H,3,12H2,1-2H3. The Morgan fingerprint density at radius 2 is 1.96 bits per heavy atom. The molecular formula is C21H18N2O4S. The topological polar surface area (TPSA) is 81.4 Å². The van der Waals surface area contributed by atoms with E-state index < -0.39 is 5.97 Å². The summed E-state index contributed by atoms with van der Waals surface area (Å²) in [5.41, 5.74) is 2.45. The molecule has 0 amide bonds. The first-order valence-corrected chi connectivity index (χ1v) is 9.45. The van der Waals surface area contributed by atoms with E-state index in [1.807, 2.05) is 36.6 Å². The Kier molecular flexibility index (Phi) is 6.25. The number of rotatable bonds is 7. The van der Waals surface area contributed by atoms with Crippen molar-refractivity contribution in [2.45, 2.75) is 13.5 Å². The zero-order valence-corrected chi connectivity index (χ0v) is 16.3. The quantitative estimate of drug-likeness (QED) is 0.551. The molecule has 0 radical (unpaired) electrons. The van der Waals surface area contributed by atoms with E-state index in [0.29, 0.717) is 34.9 Å². The average Bonchev–Trinajstić information content (AvgIpc) is 3.21. The summed E-state index contributed by atoms with van der Waals surface area (Å²) < 4.78 is 16.2. The molecule has 0 fully saturated rings. The summed E-state index contributed by atoms with van der Waals surface area (Å²) in [4.78, 5) is 16.6. The van der Waals surface area contributed by atoms with Gasteiger partial charge in [-0.25, -0.2) is 9.78 Å². The lowest BCUT2D eigenvalue weighted by molar-refractivity contribution is 0.0468. The van der Waals surface area contributed by atoms with Crippen molar-refractivity contribution in [1.82, 2.24) is 4.98 Å². The average molecular weight is 394 g/mol. The van der Waals surface area contributed by atoms with Crippen LogP contribution < -0.4 is 9.47 Å². The number of aromatic nitrogens is 1. The van der Waals surface area contributed by atoms with E-state index in [2.05, 4.69) is 4.98 Å². The van der Waals surface area contributed by atoms with Gasteiger partial charge in [0.15, 0.2) is 11.5 Å². The zero-order chi connectivity index (χ0) is 19.9. The van der Waals surface area contributed by atoms with Gasteiger partial charge in [-0.3, -0.25) is 0 Å². The number of methoxy groups -OCH3 is 1. The molecule has 0 N–H and O–H groups in total. The van der Waals surface area contributed by atoms with Crippen molar-refractivity contribution >= 4 is 17.3 Å². The summed E-state index contributed by atoms with van der Waals surface area (Å²) in [5, 5.41) is 11.5. The molecule has 142 valence electrons. The van der Waals surface area contributed by atoms with Crippen molar-refractivity contribution in [3.8, 4) is 28.1 Å². The highest BCUT2D eigenvalue weighted by atomic mass is 32.1. The number of hydrogen-bond donors (Lipinski definition) is 0. The van der Waals surface area contributed by atoms with Gasteiger partial charge >= 0.3 is 5.97 Å². The van der Waals surface area contributed by atoms with Crippen LogP contribution in [0.1, 0.15) is 28.5 Å². The Labute approximate surface area is 166 Å². The fraction of sp³-hybridized carbons (Fsp3) is 0.190. The highest BCUT2D eigenvalue weighted by Gasteiger charge is 2.12. The molecular weight excluding hydrogens is 376 g/mol. The molecule has 0 spiro atoms. The normalized spacial score (nSPS) is 10.2. The summed E-state index contributed by atoms with van der Waals surface area (Å²) in [7, 11) is 1.59. The van der Waals surface area contributed by atoms with E-state index in [0.717, 1.165) is 10.6 Å². The third kappa shape index (κ3) is 4.48. The van der Waals surface area contributed by atoms with E-state index in [1.54, 1.807) is 31.4 Å². The molecule has 1 heterocycles. The van der Waals surface area contributed by atoms with Gasteiger partial charge in [-0.2, -0.15) is 5.26 Å². The number of ether oxygens (including phenoxy) is 3. The number of nitriles is 1. The van der Waals surface area contributed by atoms with E-state index in [-0.39, 0.29) is 6.61 Å². The number of carbonyl (C=O) groups is 1. The number of benzene rings is 2. The SMILES string of the molecule is CCOc1ccc(-c2nc(COC(=O)c3ccc(C#N)cc3)cs2)cc1OC. The van der Waals surface area contributed by atoms with Crippen molar-refractivity contribution in [3.63, 3.8) is 0 Å². The Bertz CT molecular complexity index is 1010. The zero-order valence-electron chi connectivity index (χ0n) is 15.5. The van der Waals surface area contributed by atoms with Gasteiger partial charge < -0.3 is 14.2 Å². The molecule has 0 aliphatic carbocycles. The minimum atomic E-state index is -0.457. The van der Waals surface area contributed by atoms with Crippen LogP contribution in [0.15, 0.2) is 47.8 Å². The van der Waals surface area contributed by atoms with Gasteiger partial charge in [0.2, 0.25) is 0 Å². The molecule has 7 heteroatoms. The summed E-state index contributed by atoms with van der Waals surface area (Å²) in [6.45, 7) is 2.55. The fourth-order valence-electron chi connectivity index (χ4n) is 2.48. The first kappa shape index (κ1) is 19.4. The summed E-state index contributed by atoms with van der Waals surface area (Å²) in [5.74, 6) is 0.868. The second-order valence-electron chi connectivity index (χ2n) is 5.71. The lowest BCUT2D eigenvalue weighted by Gasteiger charge is -2.09. The lowest BCUT2D eigenvalue weighted by atomic mass is 10.1. The molecule has 0 saturated heterocycles. The van der Waals surface area contributed by atoms with Crippen LogP contribution in [0.4, 0.5) is 0 Å². The number of esters is 1. The summed E-state index contributed by atoms with van der Waals surface area (Å²) in [6.07, 6.45) is 0. The van der Waals surface area contributed by atoms with Crippen molar-refractivity contribution < 1.29 is 19.0 Å². The molecule has 0 bridgehead atoms. The molecule has 28 heavy (non-hydrogen) atoms. The largest absolute Gasteiger partial charge is 0.493 e. The lowest BCUT2D eigenvalue weighted by Crippen LogP contribution is -2.05. The monoisotopic (exact) mass is 394 g/mol. The molecule has 0 aliphatic heterocycles. The summed E-state index contributed by atoms with van der Waals surface area (Å²) >= 11 is 1.46. The molecule has 3 rings (SSSR count). The number of hydrogen-bond acceptors (Lipinski definition) is 7. The maximum Gasteiger partial charge on any atom is 0.338 e. The van der Waals surface area contributed by atoms with Crippen LogP contribution in [-0.2, 0) is 11.3 Å². The first-order valence-electron chi connectivity index (χ1n) is 8.57. The van der Waals surface area contributed by atoms with Crippen molar-refractivity contribution in [2.24, 2.45) is 0 Å². The summed E-state index contributed by atoms with van der Waals surface area (Å²) in [6, 6.07) is 13.9. The van der Waals surface area contributed by atoms with Gasteiger partial charge in [0.05, 0.1) is 36.6 Å². The second-order valence-corrected chi connectivity index (χ2v) is 6.57. The van der Waals surface area contributed by atoms with Crippen molar-refractivity contribution in [1.29, 1.82) is 5.26 Å². The van der Waals surface area contributed by atoms with Crippen molar-refractivity contribution in [2.75, 3.05) is 13.7 Å². The molecule has 0 unspecified atom stereocenters. The third-order valence-electron chi connectivity index (χ3n) is 3.86. The van der Waals surface area contributed by atoms with Gasteiger partial charge in [0.25, 0.3) is 0 Å². The highest BCUT2D eigenvalue weighted by Crippen LogP contribution is 2.33. The third-order valence-corrected chi connectivity index (χ3v) is 4.80. The van der Waals surface area contributed by atoms with Crippen LogP contribution in [0.5, 0.6) is 11.5 Å². The number of carbonyl (C=O) groups excluding carboxylic acids is 1. The minimum absolute atomic E-state index is 0.0729. The molecule has 0 saturated carbocycles. The Morgan fingerprint density at radius 1 is 1.18 bits per heavy atom. The molecule has 2 aromatic carbocycles. The molecule has 0 aliphatic rings. The Balaban J connectivity index is 1.67. The number of nitrogens with zero attached hydrogens (tertiary/aromatic N) is 2. The highest BCUT2D eigenvalue weighted by molar-refractivity contribution is 7.13. The van der Waals surface area contributed by atoms with Crippen LogP contribution in [0.2, 0.25) is 0 Å². The van der Waals surface area contributed by atoms with Crippen molar-refractivity contribution in [3.05, 3.63) is 64.7 Å². The van der Waals surface area contributed by atoms with Gasteiger partial charge in [-0.15, -0.1) is 11.3 Å². The molecule has 6 nitrogen and oxygen atoms in total. The van der Waals surface area contributed by atoms with Crippen LogP contribution in [0.25, 0.3) is 10.6 Å². The predicted molar refractivity (Wildman–Crippen MR) is 106 cm³/mol. The maximum absolute atomic E-state index is 12.1. The van der Waals surface area contributed by atoms with Crippen LogP contribution in [0, 0.1) is 11.3 Å². The predicted octanol–water partition coefficient (Wildman–Crippen LogP) is 4.45. The van der Waals surface area contributed by atoms with Gasteiger partial charge in [-0.1, -0.05) is 0 Å². The van der Waals surface area contributed by atoms with E-state index in [4.69, 9.17) is 19.5 Å². The first-order chi connectivity index (χ1) is 13.6. The Hall–Kier alpha value is -3.37. The minimum Gasteiger partial charge on any atom is -0.493 e. The van der Waals surface area contributed by atoms with E-state index in [1.165, 1.54) is 11.3 Å². The van der Waals surface area contributed by atoms with Gasteiger partial charge in [0, 0.05) is 10.9 Å². The van der Waals surface area contributed by atoms with Gasteiger partial charge in [-0.05, 0) is 49.4 Å². The maximum atomic E-state index is 12.1. The molecule has 1 aromatic heterocycles. The van der Waals surface area contributed by atoms with Gasteiger partial charge in [0.1, 0.15) is 11.6 Å². The molecule has 0 atom stereocenters. The second kappa shape index (κ2) is 9.02. The van der Waals surface area contributed by atoms with E-state index >= 15 is 0 Å². The molecule has 3 aromatic rings. The van der Waals surface area contributed by atoms with Crippen LogP contribution >= 0.6 is 11.3 Å². The van der Waals surface area contributed by atoms with Crippen LogP contribution in [0.3, 0.4) is 0 Å².